The smallest absolute Gasteiger partial charge is 0.0751 e. The normalized spacial score (nSPS) is 26.1. The van der Waals surface area contributed by atoms with Gasteiger partial charge < -0.3 is 10.2 Å². The number of aliphatic hydroxyl groups is 2. The quantitative estimate of drug-likeness (QED) is 0.525. The third-order valence-corrected chi connectivity index (χ3v) is 3.13. The maximum absolute atomic E-state index is 9.74. The number of rotatable bonds is 6. The Labute approximate surface area is 93.0 Å². The molecule has 0 heterocycles. The highest BCUT2D eigenvalue weighted by atomic mass is 16.3. The van der Waals surface area contributed by atoms with Crippen molar-refractivity contribution in [3.63, 3.8) is 0 Å². The minimum atomic E-state index is -0.343. The Morgan fingerprint density at radius 3 is 2.80 bits per heavy atom. The predicted molar refractivity (Wildman–Crippen MR) is 62.7 cm³/mol. The average Bonchev–Trinajstić information content (AvgIpc) is 2.59. The van der Waals surface area contributed by atoms with Crippen LogP contribution in [0.3, 0.4) is 0 Å². The van der Waals surface area contributed by atoms with Crippen molar-refractivity contribution in [3.8, 4) is 0 Å². The fourth-order valence-electron chi connectivity index (χ4n) is 2.16. The Morgan fingerprint density at radius 2 is 2.20 bits per heavy atom. The summed E-state index contributed by atoms with van der Waals surface area (Å²) in [5.74, 6) is 0. The van der Waals surface area contributed by atoms with Crippen LogP contribution in [0.25, 0.3) is 0 Å². The van der Waals surface area contributed by atoms with Crippen molar-refractivity contribution in [2.24, 2.45) is 0 Å². The van der Waals surface area contributed by atoms with Crippen molar-refractivity contribution in [1.82, 2.24) is 0 Å². The Morgan fingerprint density at radius 1 is 1.40 bits per heavy atom. The van der Waals surface area contributed by atoms with Gasteiger partial charge in [0.15, 0.2) is 0 Å². The fourth-order valence-corrected chi connectivity index (χ4v) is 2.16. The van der Waals surface area contributed by atoms with Gasteiger partial charge in [-0.3, -0.25) is 0 Å². The molecule has 1 fully saturated rings. The second-order valence-electron chi connectivity index (χ2n) is 4.57. The monoisotopic (exact) mass is 212 g/mol. The van der Waals surface area contributed by atoms with Crippen LogP contribution >= 0.6 is 0 Å². The minimum Gasteiger partial charge on any atom is -0.389 e. The number of aliphatic hydroxyl groups excluding tert-OH is 2. The molecule has 2 atom stereocenters. The van der Waals surface area contributed by atoms with Crippen molar-refractivity contribution in [2.75, 3.05) is 0 Å². The van der Waals surface area contributed by atoms with E-state index in [0.29, 0.717) is 0 Å². The molecule has 2 nitrogen and oxygen atoms in total. The van der Waals surface area contributed by atoms with Gasteiger partial charge in [0, 0.05) is 0 Å². The summed E-state index contributed by atoms with van der Waals surface area (Å²) in [6.45, 7) is 2.19. The standard InChI is InChI=1S/C13H24O2/c1-2-3-4-5-8-12(14)10-11-7-6-9-13(11)15/h10,12-15H,2-9H2,1H3/b11-10+/t12-,13-/m0/s1. The molecule has 0 aliphatic heterocycles. The lowest BCUT2D eigenvalue weighted by Gasteiger charge is -2.09. The highest BCUT2D eigenvalue weighted by Crippen LogP contribution is 2.25. The van der Waals surface area contributed by atoms with Gasteiger partial charge in [-0.05, 0) is 31.3 Å². The van der Waals surface area contributed by atoms with Crippen molar-refractivity contribution in [3.05, 3.63) is 11.6 Å². The first-order chi connectivity index (χ1) is 7.24. The van der Waals surface area contributed by atoms with Crippen LogP contribution in [0, 0.1) is 0 Å². The molecule has 1 saturated carbocycles. The Kier molecular flexibility index (Phi) is 5.96. The largest absolute Gasteiger partial charge is 0.389 e. The molecular weight excluding hydrogens is 188 g/mol. The molecule has 0 aromatic heterocycles. The van der Waals surface area contributed by atoms with E-state index in [1.807, 2.05) is 6.08 Å². The number of hydrogen-bond acceptors (Lipinski definition) is 2. The highest BCUT2D eigenvalue weighted by molar-refractivity contribution is 5.14. The zero-order chi connectivity index (χ0) is 11.1. The molecule has 0 aromatic rings. The Bertz CT molecular complexity index is 199. The molecule has 0 saturated heterocycles. The summed E-state index contributed by atoms with van der Waals surface area (Å²) in [6, 6.07) is 0. The van der Waals surface area contributed by atoms with Crippen molar-refractivity contribution in [2.45, 2.75) is 70.5 Å². The van der Waals surface area contributed by atoms with Gasteiger partial charge in [0.1, 0.15) is 0 Å². The summed E-state index contributed by atoms with van der Waals surface area (Å²) in [5.41, 5.74) is 1.05. The zero-order valence-electron chi connectivity index (χ0n) is 9.78. The molecule has 88 valence electrons. The molecule has 0 aromatic carbocycles. The molecule has 1 rings (SSSR count). The molecule has 0 amide bonds. The van der Waals surface area contributed by atoms with E-state index in [2.05, 4.69) is 6.92 Å². The van der Waals surface area contributed by atoms with E-state index in [0.717, 1.165) is 37.7 Å². The van der Waals surface area contributed by atoms with Crippen molar-refractivity contribution >= 4 is 0 Å². The van der Waals surface area contributed by atoms with Crippen molar-refractivity contribution < 1.29 is 10.2 Å². The summed E-state index contributed by atoms with van der Waals surface area (Å²) in [6.07, 6.45) is 9.78. The van der Waals surface area contributed by atoms with Crippen LogP contribution in [-0.4, -0.2) is 22.4 Å². The van der Waals surface area contributed by atoms with E-state index >= 15 is 0 Å². The van der Waals surface area contributed by atoms with E-state index < -0.39 is 0 Å². The van der Waals surface area contributed by atoms with Gasteiger partial charge in [0.25, 0.3) is 0 Å². The first-order valence-corrected chi connectivity index (χ1v) is 6.30. The third kappa shape index (κ3) is 4.80. The van der Waals surface area contributed by atoms with Crippen LogP contribution in [-0.2, 0) is 0 Å². The van der Waals surface area contributed by atoms with Crippen LogP contribution in [0.4, 0.5) is 0 Å². The second-order valence-corrected chi connectivity index (χ2v) is 4.57. The summed E-state index contributed by atoms with van der Waals surface area (Å²) in [4.78, 5) is 0. The molecule has 0 bridgehead atoms. The number of hydrogen-bond donors (Lipinski definition) is 2. The molecule has 1 aliphatic rings. The fraction of sp³-hybridized carbons (Fsp3) is 0.846. The van der Waals surface area contributed by atoms with E-state index in [1.165, 1.54) is 19.3 Å². The lowest BCUT2D eigenvalue weighted by Crippen LogP contribution is -2.08. The molecule has 2 heteroatoms. The van der Waals surface area contributed by atoms with Crippen LogP contribution in [0.2, 0.25) is 0 Å². The maximum Gasteiger partial charge on any atom is 0.0751 e. The second kappa shape index (κ2) is 7.02. The summed E-state index contributed by atoms with van der Waals surface area (Å²) >= 11 is 0. The SMILES string of the molecule is CCCCCC[C@H](O)/C=C1\CCC[C@@H]1O. The highest BCUT2D eigenvalue weighted by Gasteiger charge is 2.18. The van der Waals surface area contributed by atoms with E-state index in [1.54, 1.807) is 0 Å². The van der Waals surface area contributed by atoms with Gasteiger partial charge in [-0.25, -0.2) is 0 Å². The van der Waals surface area contributed by atoms with E-state index in [4.69, 9.17) is 0 Å². The summed E-state index contributed by atoms with van der Waals surface area (Å²) in [5, 5.41) is 19.3. The van der Waals surface area contributed by atoms with E-state index in [9.17, 15) is 10.2 Å². The minimum absolute atomic E-state index is 0.282. The lowest BCUT2D eigenvalue weighted by atomic mass is 10.1. The number of unbranched alkanes of at least 4 members (excludes halogenated alkanes) is 3. The van der Waals surface area contributed by atoms with Gasteiger partial charge in [0.05, 0.1) is 12.2 Å². The average molecular weight is 212 g/mol. The molecule has 2 N–H and O–H groups in total. The third-order valence-electron chi connectivity index (χ3n) is 3.13. The van der Waals surface area contributed by atoms with Crippen LogP contribution in [0.5, 0.6) is 0 Å². The van der Waals surface area contributed by atoms with Crippen LogP contribution < -0.4 is 0 Å². The predicted octanol–water partition coefficient (Wildman–Crippen LogP) is 2.79. The molecule has 0 spiro atoms. The van der Waals surface area contributed by atoms with Crippen LogP contribution in [0.1, 0.15) is 58.3 Å². The molecule has 0 radical (unpaired) electrons. The first kappa shape index (κ1) is 12.7. The lowest BCUT2D eigenvalue weighted by molar-refractivity contribution is 0.194. The topological polar surface area (TPSA) is 40.5 Å². The Balaban J connectivity index is 2.19. The summed E-state index contributed by atoms with van der Waals surface area (Å²) in [7, 11) is 0. The van der Waals surface area contributed by atoms with E-state index in [-0.39, 0.29) is 12.2 Å². The molecule has 1 aliphatic carbocycles. The maximum atomic E-state index is 9.74. The first-order valence-electron chi connectivity index (χ1n) is 6.30. The van der Waals surface area contributed by atoms with Gasteiger partial charge in [-0.15, -0.1) is 0 Å². The van der Waals surface area contributed by atoms with Gasteiger partial charge in [0.2, 0.25) is 0 Å². The van der Waals surface area contributed by atoms with Gasteiger partial charge in [-0.1, -0.05) is 38.7 Å². The van der Waals surface area contributed by atoms with Gasteiger partial charge >= 0.3 is 0 Å². The Hall–Kier alpha value is -0.340. The summed E-state index contributed by atoms with van der Waals surface area (Å²) < 4.78 is 0. The van der Waals surface area contributed by atoms with Crippen molar-refractivity contribution in [1.29, 1.82) is 0 Å². The molecule has 15 heavy (non-hydrogen) atoms. The molecular formula is C13H24O2. The zero-order valence-corrected chi connectivity index (χ0v) is 9.78. The van der Waals surface area contributed by atoms with Crippen LogP contribution in [0.15, 0.2) is 11.6 Å². The van der Waals surface area contributed by atoms with Gasteiger partial charge in [-0.2, -0.15) is 0 Å². The molecule has 0 unspecified atom stereocenters.